The quantitative estimate of drug-likeness (QED) is 0.803. The van der Waals surface area contributed by atoms with Gasteiger partial charge in [0, 0.05) is 19.0 Å². The molecular formula is C17H16ClN3O5. The van der Waals surface area contributed by atoms with Gasteiger partial charge >= 0.3 is 5.97 Å². The molecule has 26 heavy (non-hydrogen) atoms. The Bertz CT molecular complexity index is 864. The van der Waals surface area contributed by atoms with Gasteiger partial charge in [0.05, 0.1) is 16.3 Å². The lowest BCUT2D eigenvalue weighted by atomic mass is 10.2. The van der Waals surface area contributed by atoms with E-state index in [0.717, 1.165) is 6.42 Å². The van der Waals surface area contributed by atoms with Crippen LogP contribution in [0, 0.1) is 6.92 Å². The van der Waals surface area contributed by atoms with E-state index in [4.69, 9.17) is 20.9 Å². The second-order valence-electron chi connectivity index (χ2n) is 5.76. The SMILES string of the molecule is Cc1cc(NC(=O)COC(=O)c2ccc(Cl)c(N3CCCC3=O)c2)no1. The fraction of sp³-hybridized carbons (Fsp3) is 0.294. The minimum Gasteiger partial charge on any atom is -0.452 e. The number of halogens is 1. The molecule has 0 aliphatic carbocycles. The summed E-state index contributed by atoms with van der Waals surface area (Å²) >= 11 is 6.14. The van der Waals surface area contributed by atoms with Crippen LogP contribution in [0.25, 0.3) is 0 Å². The number of carbonyl (C=O) groups excluding carboxylic acids is 3. The van der Waals surface area contributed by atoms with E-state index in [0.29, 0.717) is 29.4 Å². The van der Waals surface area contributed by atoms with Gasteiger partial charge in [-0.3, -0.25) is 9.59 Å². The largest absolute Gasteiger partial charge is 0.452 e. The molecule has 9 heteroatoms. The number of aryl methyl sites for hydroxylation is 1. The summed E-state index contributed by atoms with van der Waals surface area (Å²) < 4.78 is 9.82. The van der Waals surface area contributed by atoms with Crippen LogP contribution in [0.3, 0.4) is 0 Å². The van der Waals surface area contributed by atoms with Crippen LogP contribution in [-0.2, 0) is 14.3 Å². The number of nitrogens with zero attached hydrogens (tertiary/aromatic N) is 2. The molecule has 3 rings (SSSR count). The Morgan fingerprint density at radius 3 is 2.85 bits per heavy atom. The second-order valence-corrected chi connectivity index (χ2v) is 6.17. The van der Waals surface area contributed by atoms with E-state index in [2.05, 4.69) is 10.5 Å². The van der Waals surface area contributed by atoms with Gasteiger partial charge in [0.15, 0.2) is 12.4 Å². The topological polar surface area (TPSA) is 102 Å². The highest BCUT2D eigenvalue weighted by atomic mass is 35.5. The van der Waals surface area contributed by atoms with Crippen LogP contribution in [-0.4, -0.2) is 36.1 Å². The molecule has 2 heterocycles. The van der Waals surface area contributed by atoms with Crippen molar-refractivity contribution in [2.75, 3.05) is 23.4 Å². The van der Waals surface area contributed by atoms with E-state index in [9.17, 15) is 14.4 Å². The first-order valence-electron chi connectivity index (χ1n) is 7.94. The maximum Gasteiger partial charge on any atom is 0.338 e. The number of aromatic nitrogens is 1. The van der Waals surface area contributed by atoms with Gasteiger partial charge in [0.1, 0.15) is 5.76 Å². The zero-order chi connectivity index (χ0) is 18.7. The summed E-state index contributed by atoms with van der Waals surface area (Å²) in [5.41, 5.74) is 0.667. The Kier molecular flexibility index (Phi) is 5.22. The highest BCUT2D eigenvalue weighted by Gasteiger charge is 2.24. The monoisotopic (exact) mass is 377 g/mol. The van der Waals surface area contributed by atoms with Gasteiger partial charge in [-0.1, -0.05) is 16.8 Å². The van der Waals surface area contributed by atoms with Gasteiger partial charge in [0.25, 0.3) is 5.91 Å². The van der Waals surface area contributed by atoms with Crippen molar-refractivity contribution in [3.8, 4) is 0 Å². The lowest BCUT2D eigenvalue weighted by molar-refractivity contribution is -0.119. The molecule has 0 bridgehead atoms. The minimum absolute atomic E-state index is 0.0419. The number of nitrogens with one attached hydrogen (secondary N) is 1. The van der Waals surface area contributed by atoms with Crippen molar-refractivity contribution in [3.05, 3.63) is 40.6 Å². The number of ether oxygens (including phenoxy) is 1. The van der Waals surface area contributed by atoms with Crippen LogP contribution in [0.5, 0.6) is 0 Å². The molecule has 1 saturated heterocycles. The molecule has 2 amide bonds. The lowest BCUT2D eigenvalue weighted by Gasteiger charge is -2.18. The predicted molar refractivity (Wildman–Crippen MR) is 93.2 cm³/mol. The zero-order valence-corrected chi connectivity index (χ0v) is 14.7. The first-order chi connectivity index (χ1) is 12.4. The van der Waals surface area contributed by atoms with Crippen molar-refractivity contribution in [3.63, 3.8) is 0 Å². The van der Waals surface area contributed by atoms with E-state index < -0.39 is 18.5 Å². The molecule has 1 fully saturated rings. The molecule has 0 spiro atoms. The van der Waals surface area contributed by atoms with Crippen molar-refractivity contribution < 1.29 is 23.6 Å². The lowest BCUT2D eigenvalue weighted by Crippen LogP contribution is -2.24. The molecule has 136 valence electrons. The Morgan fingerprint density at radius 2 is 2.19 bits per heavy atom. The van der Waals surface area contributed by atoms with Gasteiger partial charge < -0.3 is 19.5 Å². The van der Waals surface area contributed by atoms with Gasteiger partial charge in [-0.2, -0.15) is 0 Å². The fourth-order valence-corrected chi connectivity index (χ4v) is 2.79. The molecule has 1 aromatic heterocycles. The standard InChI is InChI=1S/C17H16ClN3O5/c1-10-7-14(20-26-10)19-15(22)9-25-17(24)11-4-5-12(18)13(8-11)21-6-2-3-16(21)23/h4-5,7-8H,2-3,6,9H2,1H3,(H,19,20,22). The third-order valence-corrected chi connectivity index (χ3v) is 4.10. The third-order valence-electron chi connectivity index (χ3n) is 3.78. The summed E-state index contributed by atoms with van der Waals surface area (Å²) in [5, 5.41) is 6.43. The fourth-order valence-electron chi connectivity index (χ4n) is 2.57. The molecule has 0 saturated carbocycles. The Balaban J connectivity index is 1.62. The molecule has 0 atom stereocenters. The summed E-state index contributed by atoms with van der Waals surface area (Å²) in [6, 6.07) is 6.04. The Morgan fingerprint density at radius 1 is 1.38 bits per heavy atom. The summed E-state index contributed by atoms with van der Waals surface area (Å²) in [5.74, 6) is -0.497. The summed E-state index contributed by atoms with van der Waals surface area (Å²) in [7, 11) is 0. The predicted octanol–water partition coefficient (Wildman–Crippen LogP) is 2.56. The normalized spacial score (nSPS) is 13.8. The summed E-state index contributed by atoms with van der Waals surface area (Å²) in [6.07, 6.45) is 1.19. The maximum atomic E-state index is 12.2. The van der Waals surface area contributed by atoms with Crippen molar-refractivity contribution in [2.45, 2.75) is 19.8 Å². The van der Waals surface area contributed by atoms with Gasteiger partial charge in [0.2, 0.25) is 5.91 Å². The first kappa shape index (κ1) is 17.9. The minimum atomic E-state index is -0.693. The van der Waals surface area contributed by atoms with E-state index in [-0.39, 0.29) is 17.3 Å². The van der Waals surface area contributed by atoms with Crippen LogP contribution in [0.4, 0.5) is 11.5 Å². The molecule has 1 aliphatic rings. The summed E-state index contributed by atoms with van der Waals surface area (Å²) in [6.45, 7) is 1.76. The van der Waals surface area contributed by atoms with Gasteiger partial charge in [-0.25, -0.2) is 4.79 Å². The average molecular weight is 378 g/mol. The average Bonchev–Trinajstić information content (AvgIpc) is 3.21. The van der Waals surface area contributed by atoms with Crippen LogP contribution >= 0.6 is 11.6 Å². The molecule has 2 aromatic rings. The second kappa shape index (κ2) is 7.57. The van der Waals surface area contributed by atoms with Crippen LogP contribution < -0.4 is 10.2 Å². The van der Waals surface area contributed by atoms with Crippen molar-refractivity contribution in [2.24, 2.45) is 0 Å². The van der Waals surface area contributed by atoms with Crippen molar-refractivity contribution in [1.82, 2.24) is 5.16 Å². The van der Waals surface area contributed by atoms with E-state index in [1.807, 2.05) is 0 Å². The van der Waals surface area contributed by atoms with E-state index >= 15 is 0 Å². The first-order valence-corrected chi connectivity index (χ1v) is 8.32. The highest BCUT2D eigenvalue weighted by Crippen LogP contribution is 2.30. The Hall–Kier alpha value is -2.87. The van der Waals surface area contributed by atoms with Crippen molar-refractivity contribution >= 4 is 40.9 Å². The molecule has 8 nitrogen and oxygen atoms in total. The number of amides is 2. The molecular weight excluding hydrogens is 362 g/mol. The highest BCUT2D eigenvalue weighted by molar-refractivity contribution is 6.34. The molecule has 1 N–H and O–H groups in total. The number of carbonyl (C=O) groups is 3. The molecule has 0 unspecified atom stereocenters. The number of esters is 1. The van der Waals surface area contributed by atoms with Gasteiger partial charge in [-0.15, -0.1) is 0 Å². The van der Waals surface area contributed by atoms with Gasteiger partial charge in [-0.05, 0) is 31.5 Å². The third kappa shape index (κ3) is 4.02. The smallest absolute Gasteiger partial charge is 0.338 e. The number of hydrogen-bond donors (Lipinski definition) is 1. The number of hydrogen-bond acceptors (Lipinski definition) is 6. The van der Waals surface area contributed by atoms with Crippen LogP contribution in [0.1, 0.15) is 29.0 Å². The molecule has 1 aromatic carbocycles. The van der Waals surface area contributed by atoms with E-state index in [1.54, 1.807) is 11.8 Å². The molecule has 1 aliphatic heterocycles. The number of benzene rings is 1. The summed E-state index contributed by atoms with van der Waals surface area (Å²) in [4.78, 5) is 37.4. The number of anilines is 2. The molecule has 0 radical (unpaired) electrons. The zero-order valence-electron chi connectivity index (χ0n) is 14.0. The van der Waals surface area contributed by atoms with Crippen LogP contribution in [0.15, 0.2) is 28.8 Å². The number of rotatable bonds is 5. The van der Waals surface area contributed by atoms with E-state index in [1.165, 1.54) is 24.3 Å². The Labute approximate surface area is 154 Å². The maximum absolute atomic E-state index is 12.2. The van der Waals surface area contributed by atoms with Crippen molar-refractivity contribution in [1.29, 1.82) is 0 Å². The van der Waals surface area contributed by atoms with Crippen LogP contribution in [0.2, 0.25) is 5.02 Å².